The second kappa shape index (κ2) is 9.14. The highest BCUT2D eigenvalue weighted by molar-refractivity contribution is 5.94. The minimum atomic E-state index is -0.131. The van der Waals surface area contributed by atoms with Crippen molar-refractivity contribution in [2.75, 3.05) is 7.11 Å². The van der Waals surface area contributed by atoms with E-state index in [1.165, 1.54) is 5.39 Å². The third-order valence-corrected chi connectivity index (χ3v) is 4.95. The molecule has 0 radical (unpaired) electrons. The zero-order chi connectivity index (χ0) is 20.8. The van der Waals surface area contributed by atoms with E-state index in [2.05, 4.69) is 17.4 Å². The number of hydrogen-bond donors (Lipinski definition) is 1. The highest BCUT2D eigenvalue weighted by Crippen LogP contribution is 2.25. The number of nitrogens with one attached hydrogen (secondary N) is 1. The number of ether oxygens (including phenoxy) is 2. The topological polar surface area (TPSA) is 47.6 Å². The monoisotopic (exact) mass is 397 g/mol. The third-order valence-electron chi connectivity index (χ3n) is 4.95. The third kappa shape index (κ3) is 4.61. The molecule has 0 fully saturated rings. The molecule has 30 heavy (non-hydrogen) atoms. The first-order valence-corrected chi connectivity index (χ1v) is 9.83. The summed E-state index contributed by atoms with van der Waals surface area (Å²) < 4.78 is 11.5. The lowest BCUT2D eigenvalue weighted by molar-refractivity contribution is 0.0950. The Kier molecular flexibility index (Phi) is 5.95. The maximum Gasteiger partial charge on any atom is 0.251 e. The number of hydrogen-bond acceptors (Lipinski definition) is 3. The molecular weight excluding hydrogens is 374 g/mol. The number of carbonyl (C=O) groups is 1. The van der Waals surface area contributed by atoms with E-state index in [4.69, 9.17) is 9.47 Å². The van der Waals surface area contributed by atoms with Crippen molar-refractivity contribution in [3.05, 3.63) is 108 Å². The molecule has 0 saturated carbocycles. The van der Waals surface area contributed by atoms with E-state index < -0.39 is 0 Å². The van der Waals surface area contributed by atoms with E-state index in [1.807, 2.05) is 66.7 Å². The largest absolute Gasteiger partial charge is 0.496 e. The minimum Gasteiger partial charge on any atom is -0.496 e. The molecule has 0 spiro atoms. The predicted molar refractivity (Wildman–Crippen MR) is 119 cm³/mol. The van der Waals surface area contributed by atoms with Crippen LogP contribution in [-0.2, 0) is 13.2 Å². The molecule has 0 aliphatic heterocycles. The summed E-state index contributed by atoms with van der Waals surface area (Å²) in [6, 6.07) is 29.4. The molecular formula is C26H23NO3. The number of benzene rings is 4. The van der Waals surface area contributed by atoms with Crippen molar-refractivity contribution >= 4 is 16.7 Å². The number of fused-ring (bicyclic) bond motifs is 1. The molecule has 0 saturated heterocycles. The molecule has 0 unspecified atom stereocenters. The van der Waals surface area contributed by atoms with Gasteiger partial charge >= 0.3 is 0 Å². The Morgan fingerprint density at radius 3 is 2.40 bits per heavy atom. The van der Waals surface area contributed by atoms with Crippen LogP contribution in [0, 0.1) is 0 Å². The highest BCUT2D eigenvalue weighted by Gasteiger charge is 2.11. The van der Waals surface area contributed by atoms with E-state index in [1.54, 1.807) is 19.2 Å². The lowest BCUT2D eigenvalue weighted by Crippen LogP contribution is -2.23. The highest BCUT2D eigenvalue weighted by atomic mass is 16.5. The summed E-state index contributed by atoms with van der Waals surface area (Å²) in [6.45, 7) is 0.788. The van der Waals surface area contributed by atoms with Crippen LogP contribution in [0.5, 0.6) is 11.5 Å². The van der Waals surface area contributed by atoms with Crippen LogP contribution in [0.15, 0.2) is 91.0 Å². The van der Waals surface area contributed by atoms with Gasteiger partial charge in [-0.2, -0.15) is 0 Å². The maximum absolute atomic E-state index is 12.6. The van der Waals surface area contributed by atoms with Crippen molar-refractivity contribution in [2.45, 2.75) is 13.2 Å². The number of amides is 1. The molecule has 4 aromatic carbocycles. The van der Waals surface area contributed by atoms with Crippen LogP contribution in [0.3, 0.4) is 0 Å². The second-order valence-corrected chi connectivity index (χ2v) is 6.99. The SMILES string of the molecule is COc1ccc(C(=O)NCc2ccccc2)cc1COc1ccc2ccccc2c1. The summed E-state index contributed by atoms with van der Waals surface area (Å²) in [6.07, 6.45) is 0. The van der Waals surface area contributed by atoms with Crippen LogP contribution >= 0.6 is 0 Å². The van der Waals surface area contributed by atoms with Gasteiger partial charge in [-0.25, -0.2) is 0 Å². The van der Waals surface area contributed by atoms with E-state index in [0.717, 1.165) is 22.3 Å². The molecule has 4 rings (SSSR count). The Morgan fingerprint density at radius 2 is 1.60 bits per heavy atom. The smallest absolute Gasteiger partial charge is 0.251 e. The van der Waals surface area contributed by atoms with Crippen LogP contribution in [0.4, 0.5) is 0 Å². The summed E-state index contributed by atoms with van der Waals surface area (Å²) in [5.41, 5.74) is 2.45. The Balaban J connectivity index is 1.47. The standard InChI is InChI=1S/C26H23NO3/c1-29-25-14-12-22(26(28)27-17-19-7-3-2-4-8-19)15-23(25)18-30-24-13-11-20-9-5-6-10-21(20)16-24/h2-16H,17-18H2,1H3,(H,27,28). The summed E-state index contributed by atoms with van der Waals surface area (Å²) in [5.74, 6) is 1.33. The van der Waals surface area contributed by atoms with Gasteiger partial charge in [0.15, 0.2) is 0 Å². The molecule has 0 aliphatic carbocycles. The van der Waals surface area contributed by atoms with Crippen molar-refractivity contribution in [3.63, 3.8) is 0 Å². The summed E-state index contributed by atoms with van der Waals surface area (Å²) >= 11 is 0. The van der Waals surface area contributed by atoms with Gasteiger partial charge in [0.25, 0.3) is 5.91 Å². The van der Waals surface area contributed by atoms with E-state index in [0.29, 0.717) is 24.5 Å². The van der Waals surface area contributed by atoms with Gasteiger partial charge in [0.1, 0.15) is 18.1 Å². The first kappa shape index (κ1) is 19.5. The molecule has 0 heterocycles. The zero-order valence-electron chi connectivity index (χ0n) is 16.8. The van der Waals surface area contributed by atoms with Crippen LogP contribution < -0.4 is 14.8 Å². The fourth-order valence-electron chi connectivity index (χ4n) is 3.33. The number of carbonyl (C=O) groups excluding carboxylic acids is 1. The quantitative estimate of drug-likeness (QED) is 0.457. The Labute approximate surface area is 176 Å². The Morgan fingerprint density at radius 1 is 0.833 bits per heavy atom. The van der Waals surface area contributed by atoms with Gasteiger partial charge in [0.05, 0.1) is 7.11 Å². The van der Waals surface area contributed by atoms with Gasteiger partial charge in [-0.15, -0.1) is 0 Å². The molecule has 150 valence electrons. The second-order valence-electron chi connectivity index (χ2n) is 6.99. The molecule has 0 aliphatic rings. The fourth-order valence-corrected chi connectivity index (χ4v) is 3.33. The van der Waals surface area contributed by atoms with Gasteiger partial charge in [0, 0.05) is 17.7 Å². The molecule has 0 bridgehead atoms. The molecule has 0 aromatic heterocycles. The zero-order valence-corrected chi connectivity index (χ0v) is 16.8. The van der Waals surface area contributed by atoms with Gasteiger partial charge < -0.3 is 14.8 Å². The van der Waals surface area contributed by atoms with Crippen LogP contribution in [0.1, 0.15) is 21.5 Å². The first-order valence-electron chi connectivity index (χ1n) is 9.83. The van der Waals surface area contributed by atoms with E-state index in [9.17, 15) is 4.79 Å². The van der Waals surface area contributed by atoms with Gasteiger partial charge in [-0.1, -0.05) is 60.7 Å². The van der Waals surface area contributed by atoms with E-state index in [-0.39, 0.29) is 5.91 Å². The van der Waals surface area contributed by atoms with Crippen molar-refractivity contribution < 1.29 is 14.3 Å². The van der Waals surface area contributed by atoms with Gasteiger partial charge in [0.2, 0.25) is 0 Å². The van der Waals surface area contributed by atoms with Crippen molar-refractivity contribution in [1.82, 2.24) is 5.32 Å². The summed E-state index contributed by atoms with van der Waals surface area (Å²) in [5, 5.41) is 5.24. The fraction of sp³-hybridized carbons (Fsp3) is 0.115. The predicted octanol–water partition coefficient (Wildman–Crippen LogP) is 5.36. The molecule has 0 atom stereocenters. The average molecular weight is 397 g/mol. The number of rotatable bonds is 7. The average Bonchev–Trinajstić information content (AvgIpc) is 2.81. The van der Waals surface area contributed by atoms with E-state index >= 15 is 0 Å². The minimum absolute atomic E-state index is 0.131. The lowest BCUT2D eigenvalue weighted by Gasteiger charge is -2.13. The number of methoxy groups -OCH3 is 1. The summed E-state index contributed by atoms with van der Waals surface area (Å²) in [7, 11) is 1.62. The van der Waals surface area contributed by atoms with Crippen molar-refractivity contribution in [3.8, 4) is 11.5 Å². The van der Waals surface area contributed by atoms with Crippen LogP contribution in [0.2, 0.25) is 0 Å². The molecule has 4 nitrogen and oxygen atoms in total. The normalized spacial score (nSPS) is 10.6. The maximum atomic E-state index is 12.6. The van der Waals surface area contributed by atoms with Crippen LogP contribution in [-0.4, -0.2) is 13.0 Å². The summed E-state index contributed by atoms with van der Waals surface area (Å²) in [4.78, 5) is 12.6. The van der Waals surface area contributed by atoms with Gasteiger partial charge in [-0.3, -0.25) is 4.79 Å². The molecule has 4 aromatic rings. The molecule has 1 amide bonds. The first-order chi connectivity index (χ1) is 14.7. The van der Waals surface area contributed by atoms with Crippen molar-refractivity contribution in [2.24, 2.45) is 0 Å². The molecule has 1 N–H and O–H groups in total. The Hall–Kier alpha value is -3.79. The van der Waals surface area contributed by atoms with Crippen molar-refractivity contribution in [1.29, 1.82) is 0 Å². The molecule has 4 heteroatoms. The Bertz CT molecular complexity index is 1160. The van der Waals surface area contributed by atoms with Crippen LogP contribution in [0.25, 0.3) is 10.8 Å². The lowest BCUT2D eigenvalue weighted by atomic mass is 10.1. The van der Waals surface area contributed by atoms with Gasteiger partial charge in [-0.05, 0) is 46.7 Å².